The van der Waals surface area contributed by atoms with Gasteiger partial charge in [0.25, 0.3) is 0 Å². The fourth-order valence-corrected chi connectivity index (χ4v) is 5.25. The number of alkyl carbamates (subject to hydrolysis) is 1. The van der Waals surface area contributed by atoms with Crippen LogP contribution in [0.3, 0.4) is 0 Å². The zero-order valence-electron chi connectivity index (χ0n) is 15.4. The average Bonchev–Trinajstić information content (AvgIpc) is 2.50. The van der Waals surface area contributed by atoms with E-state index in [4.69, 9.17) is 33.3 Å². The van der Waals surface area contributed by atoms with E-state index in [1.165, 1.54) is 7.05 Å². The summed E-state index contributed by atoms with van der Waals surface area (Å²) in [5.74, 6) is -0.142. The second kappa shape index (κ2) is 7.21. The molecule has 0 aliphatic carbocycles. The first kappa shape index (κ1) is 21.3. The summed E-state index contributed by atoms with van der Waals surface area (Å²) in [6.45, 7) is 7.04. The Labute approximate surface area is 164 Å². The molecule has 3 atom stereocenters. The molecule has 11 heteroatoms. The SMILES string of the molecule is CC(Cl)C(=S)C12CCOCC1S(=O)(=O)N(C)C(NC(=O)OC(C)(C)C)=N2. The zero-order valence-corrected chi connectivity index (χ0v) is 17.8. The molecule has 1 saturated heterocycles. The maximum atomic E-state index is 13.0. The van der Waals surface area contributed by atoms with E-state index in [1.54, 1.807) is 27.7 Å². The molecule has 0 spiro atoms. The standard InChI is InChI=1S/C15H24ClN3O5S2/c1-9(16)11(25)15-6-7-23-8-10(15)26(21,22)19(5)12(18-15)17-13(20)24-14(2,3)4/h9-10H,6-8H2,1-5H3,(H,17,18,20). The first-order valence-electron chi connectivity index (χ1n) is 8.15. The number of ether oxygens (including phenoxy) is 2. The third-order valence-electron chi connectivity index (χ3n) is 4.18. The van der Waals surface area contributed by atoms with Gasteiger partial charge in [-0.3, -0.25) is 5.32 Å². The number of hydrogen-bond donors (Lipinski definition) is 1. The Bertz CT molecular complexity index is 732. The molecule has 3 unspecified atom stereocenters. The van der Waals surface area contributed by atoms with Crippen molar-refractivity contribution in [2.75, 3.05) is 20.3 Å². The number of alkyl halides is 1. The van der Waals surface area contributed by atoms with Crippen LogP contribution >= 0.6 is 23.8 Å². The molecular formula is C15H24ClN3O5S2. The molecule has 0 bridgehead atoms. The highest BCUT2D eigenvalue weighted by Gasteiger charge is 2.57. The molecule has 0 aromatic carbocycles. The van der Waals surface area contributed by atoms with Gasteiger partial charge >= 0.3 is 6.09 Å². The number of hydrogen-bond acceptors (Lipinski definition) is 7. The number of sulfonamides is 1. The van der Waals surface area contributed by atoms with Crippen LogP contribution in [0.2, 0.25) is 0 Å². The van der Waals surface area contributed by atoms with Crippen molar-refractivity contribution in [1.29, 1.82) is 0 Å². The van der Waals surface area contributed by atoms with E-state index in [0.717, 1.165) is 4.31 Å². The molecule has 0 aromatic rings. The van der Waals surface area contributed by atoms with Crippen LogP contribution in [0.4, 0.5) is 4.79 Å². The van der Waals surface area contributed by atoms with Crippen LogP contribution in [0, 0.1) is 0 Å². The van der Waals surface area contributed by atoms with Crippen molar-refractivity contribution >= 4 is 50.8 Å². The first-order valence-corrected chi connectivity index (χ1v) is 10.5. The number of rotatable bonds is 2. The second-order valence-electron chi connectivity index (χ2n) is 7.29. The van der Waals surface area contributed by atoms with Gasteiger partial charge in [0.1, 0.15) is 16.4 Å². The Morgan fingerprint density at radius 3 is 2.69 bits per heavy atom. The number of halogens is 1. The Balaban J connectivity index is 2.50. The van der Waals surface area contributed by atoms with Crippen molar-refractivity contribution in [3.63, 3.8) is 0 Å². The summed E-state index contributed by atoms with van der Waals surface area (Å²) in [6, 6.07) is 0. The quantitative estimate of drug-likeness (QED) is 0.533. The summed E-state index contributed by atoms with van der Waals surface area (Å²) in [6.07, 6.45) is -0.538. The lowest BCUT2D eigenvalue weighted by Crippen LogP contribution is -2.67. The summed E-state index contributed by atoms with van der Waals surface area (Å²) in [4.78, 5) is 17.0. The predicted octanol–water partition coefficient (Wildman–Crippen LogP) is 1.67. The van der Waals surface area contributed by atoms with Gasteiger partial charge < -0.3 is 9.47 Å². The maximum absolute atomic E-state index is 13.0. The number of aliphatic imine (C=N–C) groups is 1. The van der Waals surface area contributed by atoms with Crippen LogP contribution in [0.5, 0.6) is 0 Å². The fourth-order valence-electron chi connectivity index (χ4n) is 2.93. The molecule has 2 aliphatic heterocycles. The predicted molar refractivity (Wildman–Crippen MR) is 103 cm³/mol. The lowest BCUT2D eigenvalue weighted by Gasteiger charge is -2.46. The van der Waals surface area contributed by atoms with Gasteiger partial charge in [0.05, 0.1) is 12.0 Å². The summed E-state index contributed by atoms with van der Waals surface area (Å²) in [5.41, 5.74) is -1.97. The molecule has 2 aliphatic rings. The minimum absolute atomic E-state index is 0.0420. The lowest BCUT2D eigenvalue weighted by atomic mass is 9.85. The molecule has 26 heavy (non-hydrogen) atoms. The van der Waals surface area contributed by atoms with Gasteiger partial charge in [0, 0.05) is 24.9 Å². The zero-order chi connectivity index (χ0) is 19.9. The maximum Gasteiger partial charge on any atom is 0.414 e. The number of carbonyl (C=O) groups excluding carboxylic acids is 1. The molecular weight excluding hydrogens is 402 g/mol. The minimum atomic E-state index is -3.88. The number of nitrogens with zero attached hydrogens (tertiary/aromatic N) is 2. The Hall–Kier alpha value is -0.970. The summed E-state index contributed by atoms with van der Waals surface area (Å²) < 4.78 is 37.5. The number of carbonyl (C=O) groups is 1. The number of guanidine groups is 1. The number of thiocarbonyl (C=S) groups is 1. The molecule has 2 heterocycles. The van der Waals surface area contributed by atoms with E-state index in [9.17, 15) is 13.2 Å². The van der Waals surface area contributed by atoms with Gasteiger partial charge in [-0.15, -0.1) is 11.6 Å². The Morgan fingerprint density at radius 1 is 1.54 bits per heavy atom. The molecule has 148 valence electrons. The third-order valence-corrected chi connectivity index (χ3v) is 7.41. The Morgan fingerprint density at radius 2 is 2.15 bits per heavy atom. The van der Waals surface area contributed by atoms with Crippen LogP contribution in [-0.2, 0) is 19.5 Å². The van der Waals surface area contributed by atoms with Gasteiger partial charge in [-0.2, -0.15) is 0 Å². The second-order valence-corrected chi connectivity index (χ2v) is 10.5. The topological polar surface area (TPSA) is 97.3 Å². The van der Waals surface area contributed by atoms with E-state index >= 15 is 0 Å². The molecule has 0 saturated carbocycles. The highest BCUT2D eigenvalue weighted by Crippen LogP contribution is 2.38. The van der Waals surface area contributed by atoms with Gasteiger partial charge in [-0.25, -0.2) is 22.5 Å². The summed E-state index contributed by atoms with van der Waals surface area (Å²) >= 11 is 11.6. The summed E-state index contributed by atoms with van der Waals surface area (Å²) in [7, 11) is -2.56. The molecule has 0 radical (unpaired) electrons. The van der Waals surface area contributed by atoms with Crippen molar-refractivity contribution in [2.45, 2.75) is 55.9 Å². The molecule has 1 fully saturated rings. The van der Waals surface area contributed by atoms with Gasteiger partial charge in [0.2, 0.25) is 16.0 Å². The number of amides is 1. The van der Waals surface area contributed by atoms with E-state index in [2.05, 4.69) is 10.3 Å². The fraction of sp³-hybridized carbons (Fsp3) is 0.800. The van der Waals surface area contributed by atoms with E-state index in [-0.39, 0.29) is 19.0 Å². The summed E-state index contributed by atoms with van der Waals surface area (Å²) in [5, 5.41) is 0.857. The van der Waals surface area contributed by atoms with Crippen LogP contribution in [0.15, 0.2) is 4.99 Å². The van der Waals surface area contributed by atoms with E-state index < -0.39 is 37.9 Å². The van der Waals surface area contributed by atoms with Gasteiger partial charge in [0.15, 0.2) is 0 Å². The van der Waals surface area contributed by atoms with E-state index in [0.29, 0.717) is 11.5 Å². The molecule has 1 N–H and O–H groups in total. The highest BCUT2D eigenvalue weighted by atomic mass is 35.5. The Kier molecular flexibility index (Phi) is 5.92. The number of fused-ring (bicyclic) bond motifs is 1. The number of nitrogens with one attached hydrogen (secondary N) is 1. The van der Waals surface area contributed by atoms with Gasteiger partial charge in [-0.05, 0) is 27.7 Å². The largest absolute Gasteiger partial charge is 0.444 e. The monoisotopic (exact) mass is 425 g/mol. The average molecular weight is 426 g/mol. The van der Waals surface area contributed by atoms with Crippen LogP contribution < -0.4 is 5.32 Å². The first-order chi connectivity index (χ1) is 11.8. The van der Waals surface area contributed by atoms with Crippen LogP contribution in [0.1, 0.15) is 34.1 Å². The van der Waals surface area contributed by atoms with Crippen molar-refractivity contribution in [3.05, 3.63) is 0 Å². The molecule has 1 amide bonds. The van der Waals surface area contributed by atoms with Crippen molar-refractivity contribution < 1.29 is 22.7 Å². The molecule has 8 nitrogen and oxygen atoms in total. The van der Waals surface area contributed by atoms with Crippen molar-refractivity contribution in [2.24, 2.45) is 4.99 Å². The van der Waals surface area contributed by atoms with Gasteiger partial charge in [-0.1, -0.05) is 12.2 Å². The van der Waals surface area contributed by atoms with Crippen molar-refractivity contribution in [1.82, 2.24) is 9.62 Å². The third kappa shape index (κ3) is 3.97. The van der Waals surface area contributed by atoms with Crippen molar-refractivity contribution in [3.8, 4) is 0 Å². The normalized spacial score (nSPS) is 29.2. The molecule has 0 aromatic heterocycles. The van der Waals surface area contributed by atoms with Crippen LogP contribution in [0.25, 0.3) is 0 Å². The minimum Gasteiger partial charge on any atom is -0.444 e. The van der Waals surface area contributed by atoms with Crippen LogP contribution in [-0.4, -0.2) is 71.7 Å². The highest BCUT2D eigenvalue weighted by molar-refractivity contribution is 7.90. The lowest BCUT2D eigenvalue weighted by molar-refractivity contribution is 0.0555. The smallest absolute Gasteiger partial charge is 0.414 e. The van der Waals surface area contributed by atoms with E-state index in [1.807, 2.05) is 0 Å². The molecule has 2 rings (SSSR count).